The van der Waals surface area contributed by atoms with Crippen LogP contribution in [0.1, 0.15) is 42.3 Å². The van der Waals surface area contributed by atoms with Gasteiger partial charge >= 0.3 is 0 Å². The number of benzene rings is 1. The van der Waals surface area contributed by atoms with E-state index in [1.54, 1.807) is 6.07 Å². The van der Waals surface area contributed by atoms with E-state index in [9.17, 15) is 9.59 Å². The van der Waals surface area contributed by atoms with Crippen LogP contribution < -0.4 is 10.6 Å². The van der Waals surface area contributed by atoms with Gasteiger partial charge in [0, 0.05) is 45.1 Å². The lowest BCUT2D eigenvalue weighted by atomic mass is 10.2. The number of aryl methyl sites for hydroxylation is 1. The van der Waals surface area contributed by atoms with Crippen LogP contribution in [0.15, 0.2) is 22.7 Å². The van der Waals surface area contributed by atoms with Crippen LogP contribution in [0.2, 0.25) is 10.0 Å². The lowest BCUT2D eigenvalue weighted by Gasteiger charge is -2.33. The molecule has 0 aliphatic carbocycles. The predicted molar refractivity (Wildman–Crippen MR) is 120 cm³/mol. The zero-order valence-corrected chi connectivity index (χ0v) is 19.6. The number of hydrogen-bond acceptors (Lipinski definition) is 7. The van der Waals surface area contributed by atoms with Crippen molar-refractivity contribution in [2.75, 3.05) is 26.2 Å². The summed E-state index contributed by atoms with van der Waals surface area (Å²) < 4.78 is 10.8. The standard InChI is InChI=1S/C21H27Cl2N5O4/c1-13(2)25-21(30)20-26-19(32-27-20)6-5-18(29)24-10-15-12-28(7-8-31-15)11-14-3-4-16(22)17(23)9-14/h3-4,9,13,15H,5-8,10-12H2,1-2H3,(H,24,29)(H,25,30)/t15-/m0/s1. The number of carbonyl (C=O) groups is 2. The zero-order valence-electron chi connectivity index (χ0n) is 18.1. The van der Waals surface area contributed by atoms with Gasteiger partial charge in [0.15, 0.2) is 0 Å². The number of rotatable bonds is 9. The minimum absolute atomic E-state index is 0.0304. The van der Waals surface area contributed by atoms with Crippen molar-refractivity contribution < 1.29 is 18.8 Å². The number of nitrogens with one attached hydrogen (secondary N) is 2. The van der Waals surface area contributed by atoms with E-state index in [-0.39, 0.29) is 42.6 Å². The number of halogens is 2. The molecule has 1 aliphatic heterocycles. The molecule has 1 atom stereocenters. The van der Waals surface area contributed by atoms with Crippen LogP contribution in [0.4, 0.5) is 0 Å². The van der Waals surface area contributed by atoms with Gasteiger partial charge in [-0.1, -0.05) is 34.4 Å². The van der Waals surface area contributed by atoms with Crippen molar-refractivity contribution in [3.05, 3.63) is 45.5 Å². The topological polar surface area (TPSA) is 110 Å². The normalized spacial score (nSPS) is 16.8. The lowest BCUT2D eigenvalue weighted by Crippen LogP contribution is -2.47. The van der Waals surface area contributed by atoms with Crippen LogP contribution >= 0.6 is 23.2 Å². The smallest absolute Gasteiger partial charge is 0.292 e. The van der Waals surface area contributed by atoms with Gasteiger partial charge in [-0.2, -0.15) is 4.98 Å². The fourth-order valence-corrected chi connectivity index (χ4v) is 3.58. The summed E-state index contributed by atoms with van der Waals surface area (Å²) in [5.41, 5.74) is 1.07. The second kappa shape index (κ2) is 11.6. The minimum Gasteiger partial charge on any atom is -0.374 e. The quantitative estimate of drug-likeness (QED) is 0.563. The molecule has 174 valence electrons. The summed E-state index contributed by atoms with van der Waals surface area (Å²) in [6, 6.07) is 5.58. The summed E-state index contributed by atoms with van der Waals surface area (Å²) >= 11 is 12.1. The molecule has 2 aromatic rings. The molecule has 1 aromatic carbocycles. The van der Waals surface area contributed by atoms with E-state index in [2.05, 4.69) is 25.7 Å². The van der Waals surface area contributed by atoms with Gasteiger partial charge in [0.25, 0.3) is 11.7 Å². The molecule has 11 heteroatoms. The van der Waals surface area contributed by atoms with Crippen molar-refractivity contribution in [1.29, 1.82) is 0 Å². The first-order valence-corrected chi connectivity index (χ1v) is 11.2. The van der Waals surface area contributed by atoms with Crippen molar-refractivity contribution in [3.63, 3.8) is 0 Å². The molecule has 1 aromatic heterocycles. The van der Waals surface area contributed by atoms with Crippen LogP contribution in [0, 0.1) is 0 Å². The van der Waals surface area contributed by atoms with E-state index < -0.39 is 5.91 Å². The highest BCUT2D eigenvalue weighted by Crippen LogP contribution is 2.23. The molecule has 0 radical (unpaired) electrons. The highest BCUT2D eigenvalue weighted by atomic mass is 35.5. The van der Waals surface area contributed by atoms with Gasteiger partial charge in [-0.25, -0.2) is 0 Å². The van der Waals surface area contributed by atoms with Crippen LogP contribution in [0.3, 0.4) is 0 Å². The van der Waals surface area contributed by atoms with Gasteiger partial charge in [0.2, 0.25) is 11.8 Å². The minimum atomic E-state index is -0.403. The molecular formula is C21H27Cl2N5O4. The highest BCUT2D eigenvalue weighted by Gasteiger charge is 2.22. The van der Waals surface area contributed by atoms with Crippen LogP contribution in [0.25, 0.3) is 0 Å². The summed E-state index contributed by atoms with van der Waals surface area (Å²) in [6.07, 6.45) is 0.320. The average molecular weight is 484 g/mol. The molecule has 0 bridgehead atoms. The van der Waals surface area contributed by atoms with Crippen molar-refractivity contribution >= 4 is 35.0 Å². The fraction of sp³-hybridized carbons (Fsp3) is 0.524. The van der Waals surface area contributed by atoms with Gasteiger partial charge in [0.1, 0.15) is 0 Å². The number of amides is 2. The van der Waals surface area contributed by atoms with Crippen LogP contribution in [0.5, 0.6) is 0 Å². The number of aromatic nitrogens is 2. The van der Waals surface area contributed by atoms with Gasteiger partial charge in [-0.05, 0) is 31.5 Å². The lowest BCUT2D eigenvalue weighted by molar-refractivity contribution is -0.122. The second-order valence-corrected chi connectivity index (χ2v) is 8.73. The molecule has 2 amide bonds. The van der Waals surface area contributed by atoms with Crippen molar-refractivity contribution in [3.8, 4) is 0 Å². The largest absolute Gasteiger partial charge is 0.374 e. The van der Waals surface area contributed by atoms with Crippen LogP contribution in [-0.2, 0) is 22.5 Å². The summed E-state index contributed by atoms with van der Waals surface area (Å²) in [5, 5.41) is 10.3. The molecule has 1 saturated heterocycles. The second-order valence-electron chi connectivity index (χ2n) is 7.92. The maximum atomic E-state index is 12.2. The first-order chi connectivity index (χ1) is 15.3. The van der Waals surface area contributed by atoms with E-state index in [1.165, 1.54) is 0 Å². The van der Waals surface area contributed by atoms with E-state index >= 15 is 0 Å². The molecule has 2 N–H and O–H groups in total. The van der Waals surface area contributed by atoms with Crippen molar-refractivity contribution in [2.45, 2.75) is 45.4 Å². The molecule has 2 heterocycles. The van der Waals surface area contributed by atoms with E-state index in [1.807, 2.05) is 26.0 Å². The summed E-state index contributed by atoms with van der Waals surface area (Å²) in [6.45, 7) is 6.90. The predicted octanol–water partition coefficient (Wildman–Crippen LogP) is 2.46. The van der Waals surface area contributed by atoms with Gasteiger partial charge < -0.3 is 19.9 Å². The molecule has 0 saturated carbocycles. The molecule has 0 spiro atoms. The Morgan fingerprint density at radius 2 is 2.09 bits per heavy atom. The summed E-state index contributed by atoms with van der Waals surface area (Å²) in [7, 11) is 0. The third kappa shape index (κ3) is 7.44. The summed E-state index contributed by atoms with van der Waals surface area (Å²) in [5.74, 6) is -0.344. The Bertz CT molecular complexity index is 937. The Hall–Kier alpha value is -2.20. The Morgan fingerprint density at radius 1 is 1.28 bits per heavy atom. The fourth-order valence-electron chi connectivity index (χ4n) is 3.26. The molecule has 1 fully saturated rings. The first kappa shape index (κ1) is 24.4. The zero-order chi connectivity index (χ0) is 23.1. The molecule has 1 aliphatic rings. The Balaban J connectivity index is 1.39. The number of morpholine rings is 1. The average Bonchev–Trinajstić information content (AvgIpc) is 3.23. The van der Waals surface area contributed by atoms with E-state index in [0.29, 0.717) is 29.7 Å². The van der Waals surface area contributed by atoms with Crippen LogP contribution in [-0.4, -0.2) is 65.2 Å². The molecule has 32 heavy (non-hydrogen) atoms. The SMILES string of the molecule is CC(C)NC(=O)c1noc(CCC(=O)NC[C@H]2CN(Cc3ccc(Cl)c(Cl)c3)CCO2)n1. The summed E-state index contributed by atoms with van der Waals surface area (Å²) in [4.78, 5) is 30.3. The number of hydrogen-bond donors (Lipinski definition) is 2. The van der Waals surface area contributed by atoms with Gasteiger partial charge in [-0.3, -0.25) is 14.5 Å². The van der Waals surface area contributed by atoms with Crippen molar-refractivity contribution in [2.24, 2.45) is 0 Å². The maximum Gasteiger partial charge on any atom is 0.292 e. The Morgan fingerprint density at radius 3 is 2.84 bits per heavy atom. The third-order valence-electron chi connectivity index (χ3n) is 4.80. The number of nitrogens with zero attached hydrogens (tertiary/aromatic N) is 3. The molecule has 0 unspecified atom stereocenters. The van der Waals surface area contributed by atoms with E-state index in [0.717, 1.165) is 18.7 Å². The first-order valence-electron chi connectivity index (χ1n) is 10.5. The maximum absolute atomic E-state index is 12.2. The molecule has 9 nitrogen and oxygen atoms in total. The Labute approximate surface area is 196 Å². The monoisotopic (exact) mass is 483 g/mol. The van der Waals surface area contributed by atoms with Gasteiger partial charge in [-0.15, -0.1) is 0 Å². The number of ether oxygens (including phenoxy) is 1. The van der Waals surface area contributed by atoms with Gasteiger partial charge in [0.05, 0.1) is 22.8 Å². The highest BCUT2D eigenvalue weighted by molar-refractivity contribution is 6.42. The molecule has 3 rings (SSSR count). The molecular weight excluding hydrogens is 457 g/mol. The van der Waals surface area contributed by atoms with Crippen molar-refractivity contribution in [1.82, 2.24) is 25.7 Å². The number of carbonyl (C=O) groups excluding carboxylic acids is 2. The van der Waals surface area contributed by atoms with E-state index in [4.69, 9.17) is 32.5 Å². The third-order valence-corrected chi connectivity index (χ3v) is 5.54. The Kier molecular flexibility index (Phi) is 8.86.